The molecule has 15 nitrogen and oxygen atoms in total. The SMILES string of the molecule is CC(C)(C)OC(=O)NC(Cc1ccc(OC(=O)NCCCC(NC(=O)OC(C)(C)C)C(=O)NC(CSC(c2ccccc2)(c2ccccc2)c2ccccc2)C(N)=O)cc1)C(=O)Nc1ccccc1. The van der Waals surface area contributed by atoms with Crippen LogP contribution in [0.3, 0.4) is 0 Å². The summed E-state index contributed by atoms with van der Waals surface area (Å²) in [6.45, 7) is 10.3. The Labute approximate surface area is 408 Å². The molecule has 69 heavy (non-hydrogen) atoms. The Morgan fingerprint density at radius 1 is 0.551 bits per heavy atom. The van der Waals surface area contributed by atoms with Crippen LogP contribution in [-0.4, -0.2) is 77.6 Å². The van der Waals surface area contributed by atoms with E-state index in [1.165, 1.54) is 11.8 Å². The molecule has 0 aromatic heterocycles. The molecule has 0 fully saturated rings. The lowest BCUT2D eigenvalue weighted by atomic mass is 9.84. The highest BCUT2D eigenvalue weighted by molar-refractivity contribution is 8.00. The Morgan fingerprint density at radius 2 is 1.01 bits per heavy atom. The average Bonchev–Trinajstić information content (AvgIpc) is 3.30. The van der Waals surface area contributed by atoms with E-state index >= 15 is 0 Å². The van der Waals surface area contributed by atoms with Crippen LogP contribution in [0.15, 0.2) is 146 Å². The summed E-state index contributed by atoms with van der Waals surface area (Å²) >= 11 is 1.45. The second-order valence-electron chi connectivity index (χ2n) is 18.1. The van der Waals surface area contributed by atoms with Crippen LogP contribution < -0.4 is 37.1 Å². The maximum absolute atomic E-state index is 14.0. The van der Waals surface area contributed by atoms with E-state index in [-0.39, 0.29) is 37.3 Å². The molecule has 0 bridgehead atoms. The van der Waals surface area contributed by atoms with Gasteiger partial charge in [-0.3, -0.25) is 14.4 Å². The zero-order valence-corrected chi connectivity index (χ0v) is 40.6. The minimum Gasteiger partial charge on any atom is -0.444 e. The number of nitrogens with two attached hydrogens (primary N) is 1. The molecule has 0 saturated heterocycles. The molecule has 6 amide bonds. The number of ether oxygens (including phenoxy) is 3. The van der Waals surface area contributed by atoms with Gasteiger partial charge in [-0.05, 0) is 101 Å². The number of benzene rings is 5. The number of rotatable bonds is 20. The van der Waals surface area contributed by atoms with E-state index in [1.54, 1.807) is 90.1 Å². The average molecular weight is 959 g/mol. The van der Waals surface area contributed by atoms with Crippen molar-refractivity contribution in [1.82, 2.24) is 21.3 Å². The van der Waals surface area contributed by atoms with E-state index in [0.717, 1.165) is 16.7 Å². The highest BCUT2D eigenvalue weighted by Gasteiger charge is 2.39. The monoisotopic (exact) mass is 958 g/mol. The van der Waals surface area contributed by atoms with Crippen molar-refractivity contribution >= 4 is 53.5 Å². The first kappa shape index (κ1) is 52.6. The van der Waals surface area contributed by atoms with Crippen molar-refractivity contribution < 1.29 is 43.0 Å². The largest absolute Gasteiger partial charge is 0.444 e. The second kappa shape index (κ2) is 24.6. The van der Waals surface area contributed by atoms with E-state index in [4.69, 9.17) is 19.9 Å². The third-order valence-corrected chi connectivity index (χ3v) is 11.9. The van der Waals surface area contributed by atoms with Crippen LogP contribution in [0.2, 0.25) is 0 Å². The lowest BCUT2D eigenvalue weighted by Crippen LogP contribution is -2.54. The third-order valence-electron chi connectivity index (χ3n) is 10.2. The van der Waals surface area contributed by atoms with Gasteiger partial charge in [0.2, 0.25) is 17.7 Å². The van der Waals surface area contributed by atoms with Crippen LogP contribution in [-0.2, 0) is 35.0 Å². The van der Waals surface area contributed by atoms with E-state index in [2.05, 4.69) is 26.6 Å². The van der Waals surface area contributed by atoms with Crippen LogP contribution in [0.5, 0.6) is 5.75 Å². The number of thioether (sulfide) groups is 1. The van der Waals surface area contributed by atoms with E-state index in [1.807, 2.05) is 97.1 Å². The highest BCUT2D eigenvalue weighted by atomic mass is 32.2. The summed E-state index contributed by atoms with van der Waals surface area (Å²) in [4.78, 5) is 79.0. The summed E-state index contributed by atoms with van der Waals surface area (Å²) in [7, 11) is 0. The molecule has 5 aromatic carbocycles. The molecule has 5 aromatic rings. The molecule has 0 saturated carbocycles. The van der Waals surface area contributed by atoms with Crippen molar-refractivity contribution in [2.45, 2.75) is 94.9 Å². The van der Waals surface area contributed by atoms with Crippen LogP contribution in [0.4, 0.5) is 20.1 Å². The number of hydrogen-bond donors (Lipinski definition) is 6. The zero-order chi connectivity index (χ0) is 50.0. The standard InChI is InChI=1S/C53H62N6O9S/c1-51(2,3)67-49(64)58-42(46(61)57-44(45(54)60)35-69-53(37-20-11-7-12-21-37,38-22-13-8-14-23-38)39-24-15-9-16-25-39)28-19-33-55-48(63)66-41-31-29-36(30-32-41)34-43(59-50(65)68-52(4,5)6)47(62)56-40-26-17-10-18-27-40/h7-18,20-27,29-32,42-44H,19,28,33-35H2,1-6H3,(H2,54,60)(H,55,63)(H,56,62)(H,57,61)(H,58,64)(H,59,65). The normalized spacial score (nSPS) is 12.8. The molecule has 3 unspecified atom stereocenters. The summed E-state index contributed by atoms with van der Waals surface area (Å²) in [6, 6.07) is 41.6. The topological polar surface area (TPSA) is 216 Å². The molecule has 0 aliphatic carbocycles. The van der Waals surface area contributed by atoms with Gasteiger partial charge in [0.15, 0.2) is 0 Å². The summed E-state index contributed by atoms with van der Waals surface area (Å²) in [6.07, 6.45) is -2.03. The fraction of sp³-hybridized carbons (Fsp3) is 0.321. The first-order valence-corrected chi connectivity index (χ1v) is 23.6. The highest BCUT2D eigenvalue weighted by Crippen LogP contribution is 2.48. The van der Waals surface area contributed by atoms with Gasteiger partial charge in [-0.1, -0.05) is 121 Å². The minimum atomic E-state index is -1.18. The summed E-state index contributed by atoms with van der Waals surface area (Å²) in [5.41, 5.74) is 8.40. The van der Waals surface area contributed by atoms with Crippen LogP contribution in [0, 0.1) is 0 Å². The number of nitrogens with one attached hydrogen (secondary N) is 5. The Kier molecular flexibility index (Phi) is 18.8. The van der Waals surface area contributed by atoms with Crippen LogP contribution in [0.25, 0.3) is 0 Å². The number of carbonyl (C=O) groups excluding carboxylic acids is 6. The second-order valence-corrected chi connectivity index (χ2v) is 19.3. The Balaban J connectivity index is 1.22. The number of anilines is 1. The Bertz CT molecular complexity index is 2370. The van der Waals surface area contributed by atoms with Gasteiger partial charge >= 0.3 is 18.3 Å². The fourth-order valence-electron chi connectivity index (χ4n) is 7.14. The molecular formula is C53H62N6O9S. The van der Waals surface area contributed by atoms with Gasteiger partial charge in [-0.15, -0.1) is 11.8 Å². The molecule has 0 heterocycles. The van der Waals surface area contributed by atoms with E-state index in [0.29, 0.717) is 11.3 Å². The van der Waals surface area contributed by atoms with Crippen molar-refractivity contribution in [2.75, 3.05) is 17.6 Å². The Morgan fingerprint density at radius 3 is 1.48 bits per heavy atom. The van der Waals surface area contributed by atoms with Crippen LogP contribution >= 0.6 is 11.8 Å². The number of carbonyl (C=O) groups is 6. The van der Waals surface area contributed by atoms with Gasteiger partial charge in [0.25, 0.3) is 0 Å². The summed E-state index contributed by atoms with van der Waals surface area (Å²) < 4.78 is 15.5. The summed E-state index contributed by atoms with van der Waals surface area (Å²) in [5, 5.41) is 13.5. The molecule has 3 atom stereocenters. The zero-order valence-electron chi connectivity index (χ0n) is 39.8. The molecule has 364 valence electrons. The van der Waals surface area contributed by atoms with E-state index in [9.17, 15) is 28.8 Å². The quantitative estimate of drug-likeness (QED) is 0.0325. The summed E-state index contributed by atoms with van der Waals surface area (Å²) in [5.74, 6) is -1.61. The van der Waals surface area contributed by atoms with Crippen molar-refractivity contribution in [3.8, 4) is 5.75 Å². The molecule has 0 aliphatic rings. The lowest BCUT2D eigenvalue weighted by molar-refractivity contribution is -0.128. The van der Waals surface area contributed by atoms with Gasteiger partial charge in [0.05, 0.1) is 4.75 Å². The van der Waals surface area contributed by atoms with Gasteiger partial charge in [0, 0.05) is 24.4 Å². The van der Waals surface area contributed by atoms with Crippen molar-refractivity contribution in [1.29, 1.82) is 0 Å². The maximum Gasteiger partial charge on any atom is 0.412 e. The van der Waals surface area contributed by atoms with Gasteiger partial charge in [0.1, 0.15) is 35.1 Å². The number of alkyl carbamates (subject to hydrolysis) is 2. The molecule has 0 radical (unpaired) electrons. The molecule has 7 N–H and O–H groups in total. The van der Waals surface area contributed by atoms with Crippen molar-refractivity contribution in [2.24, 2.45) is 5.73 Å². The molecule has 5 rings (SSSR count). The number of primary amides is 1. The van der Waals surface area contributed by atoms with E-state index < -0.39 is 70.1 Å². The minimum absolute atomic E-state index is 0.0387. The molecule has 16 heteroatoms. The predicted octanol–water partition coefficient (Wildman–Crippen LogP) is 8.22. The third kappa shape index (κ3) is 16.7. The van der Waals surface area contributed by atoms with Gasteiger partial charge in [-0.25, -0.2) is 14.4 Å². The molecular weight excluding hydrogens is 897 g/mol. The number of amides is 6. The molecule has 0 aliphatic heterocycles. The van der Waals surface area contributed by atoms with Crippen molar-refractivity contribution in [3.05, 3.63) is 168 Å². The van der Waals surface area contributed by atoms with Gasteiger partial charge < -0.3 is 46.5 Å². The maximum atomic E-state index is 14.0. The first-order valence-electron chi connectivity index (χ1n) is 22.6. The Hall–Kier alpha value is -7.33. The lowest BCUT2D eigenvalue weighted by Gasteiger charge is -2.36. The smallest absolute Gasteiger partial charge is 0.412 e. The first-order chi connectivity index (χ1) is 32.8. The number of hydrogen-bond acceptors (Lipinski definition) is 10. The molecule has 0 spiro atoms. The van der Waals surface area contributed by atoms with Crippen molar-refractivity contribution in [3.63, 3.8) is 0 Å². The number of para-hydroxylation sites is 1. The predicted molar refractivity (Wildman–Crippen MR) is 268 cm³/mol. The van der Waals surface area contributed by atoms with Crippen LogP contribution in [0.1, 0.15) is 76.6 Å². The van der Waals surface area contributed by atoms with Gasteiger partial charge in [-0.2, -0.15) is 0 Å². The fourth-order valence-corrected chi connectivity index (χ4v) is 8.71.